The molecule has 1 aliphatic rings. The molecule has 34 heavy (non-hydrogen) atoms. The summed E-state index contributed by atoms with van der Waals surface area (Å²) in [5.74, 6) is 0.0247. The van der Waals surface area contributed by atoms with E-state index in [-0.39, 0.29) is 11.7 Å². The predicted molar refractivity (Wildman–Crippen MR) is 141 cm³/mol. The summed E-state index contributed by atoms with van der Waals surface area (Å²) in [6, 6.07) is 16.8. The number of carbonyl (C=O) groups is 1. The topological polar surface area (TPSA) is 41.9 Å². The number of rotatable bonds is 6. The smallest absolute Gasteiger partial charge is 0.266 e. The number of carbonyl (C=O) groups excluding carboxylic acids is 1. The molecule has 174 valence electrons. The molecule has 0 aromatic heterocycles. The number of likely N-dealkylation sites (N-methyl/N-ethyl adjacent to an activating group) is 1. The molecular weight excluding hydrogens is 562 g/mol. The zero-order valence-corrected chi connectivity index (χ0v) is 21.8. The number of thioether (sulfide) groups is 1. The third-order valence-electron chi connectivity index (χ3n) is 4.87. The standard InChI is InChI=1S/C25H18BrCl2FN2O2S/c1-2-31-24(32)22(34-25(31)30-19-9-7-18(29)8-10-19)13-16-11-20(26)23(21(28)12-16)33-14-15-3-5-17(27)6-4-15/h3-13H,2,14H2,1H3/b22-13+,30-25?. The van der Waals surface area contributed by atoms with E-state index < -0.39 is 0 Å². The summed E-state index contributed by atoms with van der Waals surface area (Å²) in [5.41, 5.74) is 2.27. The number of nitrogens with zero attached hydrogens (tertiary/aromatic N) is 2. The van der Waals surface area contributed by atoms with E-state index in [4.69, 9.17) is 27.9 Å². The van der Waals surface area contributed by atoms with Gasteiger partial charge in [-0.15, -0.1) is 0 Å². The van der Waals surface area contributed by atoms with Crippen LogP contribution in [0.4, 0.5) is 10.1 Å². The lowest BCUT2D eigenvalue weighted by Gasteiger charge is -2.12. The normalized spacial score (nSPS) is 16.0. The summed E-state index contributed by atoms with van der Waals surface area (Å²) < 4.78 is 19.8. The monoisotopic (exact) mass is 578 g/mol. The Hall–Kier alpha value is -2.32. The number of hydrogen-bond donors (Lipinski definition) is 0. The molecule has 0 radical (unpaired) electrons. The second-order valence-corrected chi connectivity index (χ2v) is 9.97. The molecule has 0 spiro atoms. The van der Waals surface area contributed by atoms with E-state index in [0.29, 0.717) is 49.2 Å². The van der Waals surface area contributed by atoms with Crippen molar-refractivity contribution >= 4 is 73.7 Å². The minimum absolute atomic E-state index is 0.149. The SMILES string of the molecule is CCN1C(=O)/C(=C\c2cc(Cl)c(OCc3ccc(Cl)cc3)c(Br)c2)SC1=Nc1ccc(F)cc1. The molecule has 0 aliphatic carbocycles. The van der Waals surface area contributed by atoms with Gasteiger partial charge >= 0.3 is 0 Å². The quantitative estimate of drug-likeness (QED) is 0.277. The van der Waals surface area contributed by atoms with Crippen molar-refractivity contribution in [3.63, 3.8) is 0 Å². The van der Waals surface area contributed by atoms with Crippen molar-refractivity contribution < 1.29 is 13.9 Å². The molecule has 9 heteroatoms. The Kier molecular flexibility index (Phi) is 7.99. The van der Waals surface area contributed by atoms with E-state index in [2.05, 4.69) is 20.9 Å². The van der Waals surface area contributed by atoms with Crippen LogP contribution in [0.25, 0.3) is 6.08 Å². The molecule has 1 saturated heterocycles. The van der Waals surface area contributed by atoms with E-state index >= 15 is 0 Å². The largest absolute Gasteiger partial charge is 0.486 e. The first-order chi connectivity index (χ1) is 16.3. The first kappa shape index (κ1) is 24.8. The van der Waals surface area contributed by atoms with Gasteiger partial charge in [0, 0.05) is 11.6 Å². The third kappa shape index (κ3) is 5.84. The van der Waals surface area contributed by atoms with Gasteiger partial charge in [-0.3, -0.25) is 9.69 Å². The molecule has 0 atom stereocenters. The Morgan fingerprint density at radius 1 is 1.12 bits per heavy atom. The Bertz CT molecular complexity index is 1260. The van der Waals surface area contributed by atoms with E-state index in [1.165, 1.54) is 23.9 Å². The molecule has 1 fully saturated rings. The minimum atomic E-state index is -0.338. The molecule has 4 nitrogen and oxygen atoms in total. The first-order valence-electron chi connectivity index (χ1n) is 10.3. The van der Waals surface area contributed by atoms with Crippen LogP contribution in [0.1, 0.15) is 18.1 Å². The molecule has 0 saturated carbocycles. The van der Waals surface area contributed by atoms with Crippen molar-refractivity contribution in [2.75, 3.05) is 6.54 Å². The number of ether oxygens (including phenoxy) is 1. The first-order valence-corrected chi connectivity index (χ1v) is 12.6. The number of benzene rings is 3. The molecule has 0 unspecified atom stereocenters. The Balaban J connectivity index is 1.55. The molecule has 1 aliphatic heterocycles. The number of amides is 1. The highest BCUT2D eigenvalue weighted by molar-refractivity contribution is 9.10. The van der Waals surface area contributed by atoms with Crippen LogP contribution in [0.15, 0.2) is 75.0 Å². The molecule has 3 aromatic rings. The molecule has 0 bridgehead atoms. The molecule has 3 aromatic carbocycles. The highest BCUT2D eigenvalue weighted by Gasteiger charge is 2.32. The Morgan fingerprint density at radius 2 is 1.82 bits per heavy atom. The van der Waals surface area contributed by atoms with Crippen molar-refractivity contribution in [3.05, 3.63) is 97.0 Å². The second-order valence-electron chi connectivity index (χ2n) is 7.26. The second kappa shape index (κ2) is 11.0. The van der Waals surface area contributed by atoms with Gasteiger partial charge in [0.1, 0.15) is 12.4 Å². The lowest BCUT2D eigenvalue weighted by atomic mass is 10.2. The molecular formula is C25H18BrCl2FN2O2S. The fourth-order valence-electron chi connectivity index (χ4n) is 3.18. The zero-order chi connectivity index (χ0) is 24.2. The molecule has 1 amide bonds. The van der Waals surface area contributed by atoms with Crippen molar-refractivity contribution in [2.24, 2.45) is 4.99 Å². The van der Waals surface area contributed by atoms with Crippen LogP contribution in [-0.4, -0.2) is 22.5 Å². The van der Waals surface area contributed by atoms with Crippen LogP contribution in [0, 0.1) is 5.82 Å². The molecule has 1 heterocycles. The lowest BCUT2D eigenvalue weighted by molar-refractivity contribution is -0.122. The highest BCUT2D eigenvalue weighted by Crippen LogP contribution is 2.38. The summed E-state index contributed by atoms with van der Waals surface area (Å²) in [6.45, 7) is 2.67. The number of hydrogen-bond acceptors (Lipinski definition) is 4. The summed E-state index contributed by atoms with van der Waals surface area (Å²) in [5, 5.41) is 1.61. The molecule has 0 N–H and O–H groups in total. The number of aliphatic imine (C=N–C) groups is 1. The van der Waals surface area contributed by atoms with Crippen molar-refractivity contribution in [1.29, 1.82) is 0 Å². The fourth-order valence-corrected chi connectivity index (χ4v) is 5.36. The summed E-state index contributed by atoms with van der Waals surface area (Å²) in [4.78, 5) is 19.5. The van der Waals surface area contributed by atoms with Gasteiger partial charge in [0.25, 0.3) is 5.91 Å². The van der Waals surface area contributed by atoms with E-state index in [0.717, 1.165) is 11.1 Å². The lowest BCUT2D eigenvalue weighted by Crippen LogP contribution is -2.28. The van der Waals surface area contributed by atoms with Gasteiger partial charge in [-0.2, -0.15) is 0 Å². The fraction of sp³-hybridized carbons (Fsp3) is 0.120. The Labute approximate surface area is 219 Å². The van der Waals surface area contributed by atoms with E-state index in [1.807, 2.05) is 25.1 Å². The van der Waals surface area contributed by atoms with Gasteiger partial charge in [0.05, 0.1) is 20.1 Å². The number of halogens is 4. The maximum absolute atomic E-state index is 13.2. The van der Waals surface area contributed by atoms with Crippen LogP contribution < -0.4 is 4.74 Å². The van der Waals surface area contributed by atoms with Crippen molar-refractivity contribution in [1.82, 2.24) is 4.90 Å². The highest BCUT2D eigenvalue weighted by atomic mass is 79.9. The van der Waals surface area contributed by atoms with Crippen LogP contribution in [0.3, 0.4) is 0 Å². The average molecular weight is 580 g/mol. The van der Waals surface area contributed by atoms with Gasteiger partial charge in [-0.1, -0.05) is 35.3 Å². The van der Waals surface area contributed by atoms with Gasteiger partial charge in [-0.25, -0.2) is 9.38 Å². The maximum atomic E-state index is 13.2. The van der Waals surface area contributed by atoms with E-state index in [1.54, 1.807) is 41.3 Å². The minimum Gasteiger partial charge on any atom is -0.486 e. The van der Waals surface area contributed by atoms with E-state index in [9.17, 15) is 9.18 Å². The van der Waals surface area contributed by atoms with Crippen LogP contribution in [-0.2, 0) is 11.4 Å². The third-order valence-corrected chi connectivity index (χ3v) is 7.00. The zero-order valence-electron chi connectivity index (χ0n) is 17.9. The van der Waals surface area contributed by atoms with Crippen LogP contribution >= 0.6 is 50.9 Å². The summed E-state index contributed by atoms with van der Waals surface area (Å²) in [6.07, 6.45) is 1.77. The van der Waals surface area contributed by atoms with Crippen LogP contribution in [0.5, 0.6) is 5.75 Å². The van der Waals surface area contributed by atoms with Crippen molar-refractivity contribution in [2.45, 2.75) is 13.5 Å². The summed E-state index contributed by atoms with van der Waals surface area (Å²) in [7, 11) is 0. The van der Waals surface area contributed by atoms with Crippen LogP contribution in [0.2, 0.25) is 10.0 Å². The number of amidine groups is 1. The Morgan fingerprint density at radius 3 is 2.47 bits per heavy atom. The summed E-state index contributed by atoms with van der Waals surface area (Å²) >= 11 is 17.2. The van der Waals surface area contributed by atoms with Gasteiger partial charge in [-0.05, 0) is 100 Å². The average Bonchev–Trinajstić information content (AvgIpc) is 3.09. The maximum Gasteiger partial charge on any atom is 0.266 e. The molecule has 4 rings (SSSR count). The van der Waals surface area contributed by atoms with Gasteiger partial charge in [0.2, 0.25) is 0 Å². The van der Waals surface area contributed by atoms with Gasteiger partial charge in [0.15, 0.2) is 10.9 Å². The van der Waals surface area contributed by atoms with Crippen molar-refractivity contribution in [3.8, 4) is 5.75 Å². The van der Waals surface area contributed by atoms with Gasteiger partial charge < -0.3 is 4.74 Å². The predicted octanol–water partition coefficient (Wildman–Crippen LogP) is 8.10.